The Morgan fingerprint density at radius 3 is 2.00 bits per heavy atom. The van der Waals surface area contributed by atoms with Gasteiger partial charge in [-0.25, -0.2) is 0 Å². The van der Waals surface area contributed by atoms with Gasteiger partial charge in [-0.05, 0) is 47.0 Å². The third kappa shape index (κ3) is 2.78. The number of allylic oxidation sites excluding steroid dienone is 4. The van der Waals surface area contributed by atoms with Gasteiger partial charge >= 0.3 is 0 Å². The summed E-state index contributed by atoms with van der Waals surface area (Å²) in [6, 6.07) is 0. The van der Waals surface area contributed by atoms with E-state index in [1.165, 1.54) is 0 Å². The van der Waals surface area contributed by atoms with E-state index in [0.29, 0.717) is 41.6 Å². The molecule has 0 aromatic heterocycles. The highest BCUT2D eigenvalue weighted by Crippen LogP contribution is 2.29. The van der Waals surface area contributed by atoms with Crippen LogP contribution in [0.15, 0.2) is 22.3 Å². The molecule has 0 unspecified atom stereocenters. The molecule has 0 saturated heterocycles. The third-order valence-electron chi connectivity index (χ3n) is 3.99. The first-order valence-corrected chi connectivity index (χ1v) is 6.40. The van der Waals surface area contributed by atoms with Crippen molar-refractivity contribution < 1.29 is 14.7 Å². The maximum Gasteiger partial charge on any atom is 0.185 e. The van der Waals surface area contributed by atoms with Crippen molar-refractivity contribution in [3.8, 4) is 0 Å². The van der Waals surface area contributed by atoms with E-state index in [2.05, 4.69) is 0 Å². The molecule has 0 aromatic carbocycles. The van der Waals surface area contributed by atoms with Crippen LogP contribution in [0.1, 0.15) is 53.9 Å². The van der Waals surface area contributed by atoms with Crippen LogP contribution in [0.4, 0.5) is 0 Å². The van der Waals surface area contributed by atoms with E-state index < -0.39 is 5.60 Å². The second-order valence-electron chi connectivity index (χ2n) is 5.36. The number of ketones is 2. The van der Waals surface area contributed by atoms with Crippen LogP contribution in [0.3, 0.4) is 0 Å². The van der Waals surface area contributed by atoms with Crippen LogP contribution in [0.5, 0.6) is 0 Å². The Morgan fingerprint density at radius 2 is 1.50 bits per heavy atom. The molecule has 0 fully saturated rings. The Bertz CT molecular complexity index is 450. The first kappa shape index (κ1) is 14.8. The summed E-state index contributed by atoms with van der Waals surface area (Å²) in [4.78, 5) is 24.1. The van der Waals surface area contributed by atoms with Crippen LogP contribution in [0.2, 0.25) is 0 Å². The minimum Gasteiger partial charge on any atom is -0.390 e. The molecule has 0 spiro atoms. The summed E-state index contributed by atoms with van der Waals surface area (Å²) < 4.78 is 0. The van der Waals surface area contributed by atoms with Gasteiger partial charge in [0.2, 0.25) is 0 Å². The fourth-order valence-electron chi connectivity index (χ4n) is 2.03. The van der Waals surface area contributed by atoms with Crippen LogP contribution in [0.25, 0.3) is 0 Å². The summed E-state index contributed by atoms with van der Waals surface area (Å²) >= 11 is 0. The van der Waals surface area contributed by atoms with E-state index in [-0.39, 0.29) is 11.6 Å². The summed E-state index contributed by atoms with van der Waals surface area (Å²) in [6.07, 6.45) is 1.60. The Kier molecular flexibility index (Phi) is 4.28. The predicted octanol–water partition coefficient (Wildman–Crippen LogP) is 2.73. The Balaban J connectivity index is 2.96. The van der Waals surface area contributed by atoms with E-state index in [1.807, 2.05) is 6.92 Å². The van der Waals surface area contributed by atoms with Crippen molar-refractivity contribution >= 4 is 11.6 Å². The second kappa shape index (κ2) is 5.19. The SMILES string of the molecule is CC[C@@](C)(O)CCC1=C(C)C(=O)C(C)=C(C)C1=O. The molecule has 0 aromatic rings. The first-order valence-electron chi connectivity index (χ1n) is 6.40. The van der Waals surface area contributed by atoms with Crippen molar-refractivity contribution in [3.05, 3.63) is 22.3 Å². The third-order valence-corrected chi connectivity index (χ3v) is 3.99. The van der Waals surface area contributed by atoms with Gasteiger partial charge in [-0.15, -0.1) is 0 Å². The van der Waals surface area contributed by atoms with Crippen molar-refractivity contribution in [3.63, 3.8) is 0 Å². The van der Waals surface area contributed by atoms with E-state index in [1.54, 1.807) is 27.7 Å². The van der Waals surface area contributed by atoms with Crippen molar-refractivity contribution in [2.24, 2.45) is 0 Å². The average molecular weight is 250 g/mol. The van der Waals surface area contributed by atoms with Crippen molar-refractivity contribution in [2.75, 3.05) is 0 Å². The Hall–Kier alpha value is -1.22. The first-order chi connectivity index (χ1) is 8.21. The predicted molar refractivity (Wildman–Crippen MR) is 71.2 cm³/mol. The molecular weight excluding hydrogens is 228 g/mol. The number of aliphatic hydroxyl groups is 1. The zero-order valence-electron chi connectivity index (χ0n) is 11.9. The van der Waals surface area contributed by atoms with Crippen LogP contribution in [-0.2, 0) is 9.59 Å². The van der Waals surface area contributed by atoms with Crippen molar-refractivity contribution in [2.45, 2.75) is 59.5 Å². The van der Waals surface area contributed by atoms with E-state index in [4.69, 9.17) is 0 Å². The van der Waals surface area contributed by atoms with Gasteiger partial charge in [-0.3, -0.25) is 9.59 Å². The topological polar surface area (TPSA) is 54.4 Å². The minimum absolute atomic E-state index is 0.0433. The number of carbonyl (C=O) groups is 2. The molecule has 0 radical (unpaired) electrons. The summed E-state index contributed by atoms with van der Waals surface area (Å²) in [6.45, 7) is 8.75. The summed E-state index contributed by atoms with van der Waals surface area (Å²) in [5.41, 5.74) is 1.41. The number of hydrogen-bond acceptors (Lipinski definition) is 3. The highest BCUT2D eigenvalue weighted by molar-refractivity contribution is 6.24. The van der Waals surface area contributed by atoms with Crippen LogP contribution in [0, 0.1) is 0 Å². The molecule has 0 saturated carbocycles. The molecule has 1 rings (SSSR count). The van der Waals surface area contributed by atoms with Gasteiger partial charge < -0.3 is 5.11 Å². The lowest BCUT2D eigenvalue weighted by Crippen LogP contribution is -2.26. The van der Waals surface area contributed by atoms with Gasteiger partial charge in [0.25, 0.3) is 0 Å². The molecule has 3 nitrogen and oxygen atoms in total. The number of carbonyl (C=O) groups excluding carboxylic acids is 2. The molecule has 1 aliphatic carbocycles. The maximum absolute atomic E-state index is 12.1. The lowest BCUT2D eigenvalue weighted by Gasteiger charge is -2.24. The normalized spacial score (nSPS) is 20.6. The summed E-state index contributed by atoms with van der Waals surface area (Å²) in [5.74, 6) is -0.0882. The summed E-state index contributed by atoms with van der Waals surface area (Å²) in [7, 11) is 0. The minimum atomic E-state index is -0.777. The molecule has 18 heavy (non-hydrogen) atoms. The molecule has 0 aliphatic heterocycles. The van der Waals surface area contributed by atoms with E-state index >= 15 is 0 Å². The van der Waals surface area contributed by atoms with Crippen LogP contribution in [-0.4, -0.2) is 22.3 Å². The van der Waals surface area contributed by atoms with E-state index in [9.17, 15) is 14.7 Å². The quantitative estimate of drug-likeness (QED) is 0.780. The van der Waals surface area contributed by atoms with E-state index in [0.717, 1.165) is 0 Å². The molecule has 3 heteroatoms. The van der Waals surface area contributed by atoms with Gasteiger partial charge in [-0.1, -0.05) is 6.92 Å². The number of Topliss-reactive ketones (excluding diaryl/α,β-unsaturated/α-hetero) is 2. The smallest absolute Gasteiger partial charge is 0.185 e. The highest BCUT2D eigenvalue weighted by Gasteiger charge is 2.29. The van der Waals surface area contributed by atoms with Gasteiger partial charge in [-0.2, -0.15) is 0 Å². The maximum atomic E-state index is 12.1. The van der Waals surface area contributed by atoms with Gasteiger partial charge in [0.1, 0.15) is 0 Å². The van der Waals surface area contributed by atoms with Crippen LogP contribution < -0.4 is 0 Å². The zero-order chi connectivity index (χ0) is 14.1. The molecule has 1 atom stereocenters. The molecule has 0 heterocycles. The fourth-order valence-corrected chi connectivity index (χ4v) is 2.03. The lowest BCUT2D eigenvalue weighted by atomic mass is 9.82. The lowest BCUT2D eigenvalue weighted by molar-refractivity contribution is -0.116. The average Bonchev–Trinajstić information content (AvgIpc) is 2.34. The Labute approximate surface area is 109 Å². The Morgan fingerprint density at radius 1 is 1.00 bits per heavy atom. The van der Waals surface area contributed by atoms with Crippen molar-refractivity contribution in [1.29, 1.82) is 0 Å². The van der Waals surface area contributed by atoms with Crippen LogP contribution >= 0.6 is 0 Å². The molecule has 1 aliphatic rings. The highest BCUT2D eigenvalue weighted by atomic mass is 16.3. The molecule has 0 amide bonds. The van der Waals surface area contributed by atoms with Gasteiger partial charge in [0, 0.05) is 22.3 Å². The van der Waals surface area contributed by atoms with Gasteiger partial charge in [0.05, 0.1) is 5.60 Å². The largest absolute Gasteiger partial charge is 0.390 e. The second-order valence-corrected chi connectivity index (χ2v) is 5.36. The zero-order valence-corrected chi connectivity index (χ0v) is 11.9. The van der Waals surface area contributed by atoms with Gasteiger partial charge in [0.15, 0.2) is 11.6 Å². The number of hydrogen-bond donors (Lipinski definition) is 1. The van der Waals surface area contributed by atoms with Crippen molar-refractivity contribution in [1.82, 2.24) is 0 Å². The standard InChI is InChI=1S/C15H22O3/c1-6-15(5,18)8-7-12-11(4)13(16)9(2)10(3)14(12)17/h18H,6-8H2,1-5H3/t15-/m1/s1. The number of rotatable bonds is 4. The fraction of sp³-hybridized carbons (Fsp3) is 0.600. The molecule has 100 valence electrons. The molecule has 1 N–H and O–H groups in total. The molecule has 0 bridgehead atoms. The monoisotopic (exact) mass is 250 g/mol. The molecular formula is C15H22O3. The summed E-state index contributed by atoms with van der Waals surface area (Å²) in [5, 5.41) is 9.98.